The Morgan fingerprint density at radius 3 is 1.85 bits per heavy atom. The van der Waals surface area contributed by atoms with Gasteiger partial charge in [-0.2, -0.15) is 0 Å². The van der Waals surface area contributed by atoms with Gasteiger partial charge in [0.05, 0.1) is 11.5 Å². The lowest BCUT2D eigenvalue weighted by molar-refractivity contribution is -0.136. The van der Waals surface area contributed by atoms with Gasteiger partial charge >= 0.3 is 0 Å². The van der Waals surface area contributed by atoms with Gasteiger partial charge in [0, 0.05) is 13.6 Å². The predicted molar refractivity (Wildman–Crippen MR) is 127 cm³/mol. The summed E-state index contributed by atoms with van der Waals surface area (Å²) in [4.78, 5) is 18.4. The molecule has 1 atom stereocenters. The van der Waals surface area contributed by atoms with Gasteiger partial charge in [-0.15, -0.1) is 0 Å². The normalized spacial score (nSPS) is 15.4. The van der Waals surface area contributed by atoms with Crippen LogP contribution in [0.5, 0.6) is 0 Å². The van der Waals surface area contributed by atoms with Crippen molar-refractivity contribution in [3.63, 3.8) is 0 Å². The van der Waals surface area contributed by atoms with E-state index in [1.54, 1.807) is 29.2 Å². The fourth-order valence-electron chi connectivity index (χ4n) is 4.81. The fraction of sp³-hybridized carbons (Fsp3) is 0.321. The Morgan fingerprint density at radius 2 is 1.36 bits per heavy atom. The summed E-state index contributed by atoms with van der Waals surface area (Å²) in [5.41, 5.74) is 1.30. The van der Waals surface area contributed by atoms with Gasteiger partial charge in [-0.05, 0) is 73.8 Å². The monoisotopic (exact) mass is 448 g/mol. The van der Waals surface area contributed by atoms with Gasteiger partial charge in [0.25, 0.3) is 0 Å². The van der Waals surface area contributed by atoms with Crippen molar-refractivity contribution < 1.29 is 13.6 Å². The standard InChI is InChI=1S/C28H30F2N2O/c1-28(22-10-14-24(29)15-11-22,23-12-16-25(30)17-13-23)27(33)31(2)26(20-32-18-6-7-19-32)21-8-4-3-5-9-21/h3-5,8-17,26H,6-7,18-20H2,1-2H3/t26-/m1/s1. The summed E-state index contributed by atoms with van der Waals surface area (Å²) < 4.78 is 27.4. The summed E-state index contributed by atoms with van der Waals surface area (Å²) in [7, 11) is 1.83. The first-order valence-corrected chi connectivity index (χ1v) is 11.5. The number of carbonyl (C=O) groups is 1. The largest absolute Gasteiger partial charge is 0.336 e. The minimum Gasteiger partial charge on any atom is -0.336 e. The molecule has 1 aliphatic heterocycles. The van der Waals surface area contributed by atoms with Crippen LogP contribution in [0, 0.1) is 11.6 Å². The quantitative estimate of drug-likeness (QED) is 0.472. The van der Waals surface area contributed by atoms with Crippen LogP contribution in [0.3, 0.4) is 0 Å². The number of nitrogens with zero attached hydrogens (tertiary/aromatic N) is 2. The van der Waals surface area contributed by atoms with E-state index in [0.717, 1.165) is 25.2 Å². The Kier molecular flexibility index (Phi) is 6.89. The minimum atomic E-state index is -1.10. The third-order valence-corrected chi connectivity index (χ3v) is 6.87. The molecular weight excluding hydrogens is 418 g/mol. The van der Waals surface area contributed by atoms with E-state index < -0.39 is 5.41 Å². The zero-order valence-corrected chi connectivity index (χ0v) is 19.2. The van der Waals surface area contributed by atoms with Crippen LogP contribution in [0.15, 0.2) is 78.9 Å². The maximum absolute atomic E-state index is 14.2. The Balaban J connectivity index is 1.75. The van der Waals surface area contributed by atoms with Crippen molar-refractivity contribution in [2.45, 2.75) is 31.2 Å². The molecular formula is C28H30F2N2O. The first kappa shape index (κ1) is 23.1. The molecule has 33 heavy (non-hydrogen) atoms. The van der Waals surface area contributed by atoms with Gasteiger partial charge in [-0.3, -0.25) is 4.79 Å². The van der Waals surface area contributed by atoms with E-state index in [2.05, 4.69) is 17.0 Å². The average molecular weight is 449 g/mol. The molecule has 1 fully saturated rings. The SMILES string of the molecule is CN(C(=O)C(C)(c1ccc(F)cc1)c1ccc(F)cc1)[C@H](CN1CCCC1)c1ccccc1. The molecule has 1 amide bonds. The Hall–Kier alpha value is -3.05. The Morgan fingerprint density at radius 1 is 0.879 bits per heavy atom. The average Bonchev–Trinajstić information content (AvgIpc) is 3.36. The van der Waals surface area contributed by atoms with Crippen LogP contribution in [0.4, 0.5) is 8.78 Å². The smallest absolute Gasteiger partial charge is 0.237 e. The molecule has 0 bridgehead atoms. The zero-order chi connectivity index (χ0) is 23.4. The highest BCUT2D eigenvalue weighted by Crippen LogP contribution is 2.37. The Bertz CT molecular complexity index is 1020. The molecule has 1 saturated heterocycles. The number of carbonyl (C=O) groups excluding carboxylic acids is 1. The third kappa shape index (κ3) is 4.83. The van der Waals surface area contributed by atoms with Crippen LogP contribution in [0.1, 0.15) is 42.5 Å². The molecule has 1 aliphatic rings. The lowest BCUT2D eigenvalue weighted by atomic mass is 9.74. The minimum absolute atomic E-state index is 0.117. The number of rotatable bonds is 7. The van der Waals surface area contributed by atoms with Crippen LogP contribution in [0.2, 0.25) is 0 Å². The first-order chi connectivity index (χ1) is 15.9. The van der Waals surface area contributed by atoms with Gasteiger partial charge in [0.15, 0.2) is 0 Å². The topological polar surface area (TPSA) is 23.6 Å². The predicted octanol–water partition coefficient (Wildman–Crippen LogP) is 5.57. The number of hydrogen-bond acceptors (Lipinski definition) is 2. The van der Waals surface area contributed by atoms with E-state index in [4.69, 9.17) is 0 Å². The van der Waals surface area contributed by atoms with Crippen molar-refractivity contribution >= 4 is 5.91 Å². The van der Waals surface area contributed by atoms with E-state index in [1.807, 2.05) is 32.2 Å². The second-order valence-corrected chi connectivity index (χ2v) is 8.99. The van der Waals surface area contributed by atoms with E-state index in [0.29, 0.717) is 11.1 Å². The van der Waals surface area contributed by atoms with E-state index in [9.17, 15) is 13.6 Å². The molecule has 0 N–H and O–H groups in total. The molecule has 0 unspecified atom stereocenters. The molecule has 172 valence electrons. The summed E-state index contributed by atoms with van der Waals surface area (Å²) in [6.45, 7) is 4.64. The second kappa shape index (κ2) is 9.84. The van der Waals surface area contributed by atoms with Gasteiger partial charge in [-0.1, -0.05) is 54.6 Å². The highest BCUT2D eigenvalue weighted by atomic mass is 19.1. The van der Waals surface area contributed by atoms with Crippen LogP contribution >= 0.6 is 0 Å². The van der Waals surface area contributed by atoms with Crippen molar-refractivity contribution in [2.24, 2.45) is 0 Å². The molecule has 3 aromatic carbocycles. The molecule has 0 radical (unpaired) electrons. The number of amides is 1. The van der Waals surface area contributed by atoms with E-state index in [1.165, 1.54) is 37.1 Å². The van der Waals surface area contributed by atoms with Crippen molar-refractivity contribution in [1.29, 1.82) is 0 Å². The van der Waals surface area contributed by atoms with Crippen molar-refractivity contribution in [3.8, 4) is 0 Å². The van der Waals surface area contributed by atoms with Crippen LogP contribution in [0.25, 0.3) is 0 Å². The van der Waals surface area contributed by atoms with Crippen molar-refractivity contribution in [3.05, 3.63) is 107 Å². The van der Waals surface area contributed by atoms with Gasteiger partial charge in [0.2, 0.25) is 5.91 Å². The van der Waals surface area contributed by atoms with Gasteiger partial charge < -0.3 is 9.80 Å². The molecule has 5 heteroatoms. The Labute approximate surface area is 194 Å². The summed E-state index contributed by atoms with van der Waals surface area (Å²) in [6, 6.07) is 21.9. The summed E-state index contributed by atoms with van der Waals surface area (Å²) in [6.07, 6.45) is 2.34. The lowest BCUT2D eigenvalue weighted by Crippen LogP contribution is -2.48. The molecule has 0 saturated carbocycles. The van der Waals surface area contributed by atoms with Crippen molar-refractivity contribution in [1.82, 2.24) is 9.80 Å². The lowest BCUT2D eigenvalue weighted by Gasteiger charge is -2.39. The summed E-state index contributed by atoms with van der Waals surface area (Å²) in [5, 5.41) is 0. The first-order valence-electron chi connectivity index (χ1n) is 11.5. The van der Waals surface area contributed by atoms with Gasteiger partial charge in [0.1, 0.15) is 11.6 Å². The molecule has 4 rings (SSSR count). The third-order valence-electron chi connectivity index (χ3n) is 6.87. The number of halogens is 2. The fourth-order valence-corrected chi connectivity index (χ4v) is 4.81. The zero-order valence-electron chi connectivity index (χ0n) is 19.2. The van der Waals surface area contributed by atoms with Gasteiger partial charge in [-0.25, -0.2) is 8.78 Å². The van der Waals surface area contributed by atoms with E-state index in [-0.39, 0.29) is 23.6 Å². The van der Waals surface area contributed by atoms with Crippen LogP contribution < -0.4 is 0 Å². The van der Waals surface area contributed by atoms with Crippen molar-refractivity contribution in [2.75, 3.05) is 26.7 Å². The second-order valence-electron chi connectivity index (χ2n) is 8.99. The number of benzene rings is 3. The highest BCUT2D eigenvalue weighted by molar-refractivity contribution is 5.92. The molecule has 1 heterocycles. The number of likely N-dealkylation sites (tertiary alicyclic amines) is 1. The maximum atomic E-state index is 14.2. The summed E-state index contributed by atoms with van der Waals surface area (Å²) in [5.74, 6) is -0.844. The van der Waals surface area contributed by atoms with Crippen LogP contribution in [-0.2, 0) is 10.2 Å². The summed E-state index contributed by atoms with van der Waals surface area (Å²) >= 11 is 0. The number of likely N-dealkylation sites (N-methyl/N-ethyl adjacent to an activating group) is 1. The van der Waals surface area contributed by atoms with E-state index >= 15 is 0 Å². The molecule has 0 aromatic heterocycles. The molecule has 3 nitrogen and oxygen atoms in total. The maximum Gasteiger partial charge on any atom is 0.237 e. The molecule has 0 aliphatic carbocycles. The molecule has 0 spiro atoms. The van der Waals surface area contributed by atoms with Crippen LogP contribution in [-0.4, -0.2) is 42.4 Å². The number of hydrogen-bond donors (Lipinski definition) is 0. The highest BCUT2D eigenvalue weighted by Gasteiger charge is 2.41. The molecule has 3 aromatic rings.